The van der Waals surface area contributed by atoms with E-state index in [1.54, 1.807) is 48.4 Å². The zero-order chi connectivity index (χ0) is 23.6. The van der Waals surface area contributed by atoms with Crippen LogP contribution in [0.15, 0.2) is 48.5 Å². The molecule has 1 fully saturated rings. The number of carbonyl (C=O) groups excluding carboxylic acids is 3. The van der Waals surface area contributed by atoms with Gasteiger partial charge in [0.2, 0.25) is 11.8 Å². The molecule has 33 heavy (non-hydrogen) atoms. The minimum absolute atomic E-state index is 0.0189. The van der Waals surface area contributed by atoms with Crippen LogP contribution in [-0.4, -0.2) is 78.9 Å². The van der Waals surface area contributed by atoms with Crippen molar-refractivity contribution in [1.29, 1.82) is 0 Å². The first-order valence-electron chi connectivity index (χ1n) is 10.9. The van der Waals surface area contributed by atoms with Crippen LogP contribution >= 0.6 is 11.8 Å². The summed E-state index contributed by atoms with van der Waals surface area (Å²) in [6.45, 7) is 4.01. The Kier molecular flexibility index (Phi) is 9.14. The van der Waals surface area contributed by atoms with Gasteiger partial charge in [-0.3, -0.25) is 19.3 Å². The molecule has 176 valence electrons. The fraction of sp³-hybridized carbons (Fsp3) is 0.375. The first-order chi connectivity index (χ1) is 16.0. The molecule has 0 unspecified atom stereocenters. The number of ether oxygens (including phenoxy) is 1. The number of hydrogen-bond acceptors (Lipinski definition) is 6. The largest absolute Gasteiger partial charge is 0.495 e. The molecular formula is C24H30N4O4S. The summed E-state index contributed by atoms with van der Waals surface area (Å²) in [5.74, 6) is 1.96. The number of methoxy groups -OCH3 is 1. The van der Waals surface area contributed by atoms with Gasteiger partial charge in [0.05, 0.1) is 25.9 Å². The minimum Gasteiger partial charge on any atom is -0.495 e. The van der Waals surface area contributed by atoms with Gasteiger partial charge in [0.1, 0.15) is 5.75 Å². The van der Waals surface area contributed by atoms with E-state index in [1.807, 2.05) is 35.7 Å². The maximum Gasteiger partial charge on any atom is 0.253 e. The molecule has 0 aromatic heterocycles. The number of thioether (sulfide) groups is 1. The molecule has 1 saturated heterocycles. The van der Waals surface area contributed by atoms with Gasteiger partial charge in [0.15, 0.2) is 0 Å². The average molecular weight is 471 g/mol. The van der Waals surface area contributed by atoms with E-state index in [1.165, 1.54) is 0 Å². The molecule has 0 radical (unpaired) electrons. The Morgan fingerprint density at radius 2 is 1.70 bits per heavy atom. The lowest BCUT2D eigenvalue weighted by molar-refractivity contribution is -0.119. The van der Waals surface area contributed by atoms with Crippen molar-refractivity contribution in [2.24, 2.45) is 0 Å². The third-order valence-electron chi connectivity index (χ3n) is 5.25. The molecule has 0 atom stereocenters. The standard InChI is InChI=1S/C24H30N4O4S/c1-3-27(17-23(30)26-20-9-4-5-10-21(20)32-2)16-22(29)25-19-8-6-7-18(15-19)24(31)28-11-13-33-14-12-28/h4-10,15H,3,11-14,16-17H2,1-2H3,(H,25,29)(H,26,30). The van der Waals surface area contributed by atoms with Crippen molar-refractivity contribution >= 4 is 40.9 Å². The SMILES string of the molecule is CCN(CC(=O)Nc1cccc(C(=O)N2CCSCC2)c1)CC(=O)Nc1ccccc1OC. The number of nitrogens with one attached hydrogen (secondary N) is 2. The normalized spacial score (nSPS) is 13.5. The molecule has 9 heteroatoms. The molecule has 3 amide bonds. The van der Waals surface area contributed by atoms with Gasteiger partial charge in [0, 0.05) is 35.8 Å². The second kappa shape index (κ2) is 12.3. The van der Waals surface area contributed by atoms with Crippen LogP contribution in [0.1, 0.15) is 17.3 Å². The van der Waals surface area contributed by atoms with Gasteiger partial charge < -0.3 is 20.3 Å². The number of para-hydroxylation sites is 2. The van der Waals surface area contributed by atoms with Crippen LogP contribution in [-0.2, 0) is 9.59 Å². The number of nitrogens with zero attached hydrogens (tertiary/aromatic N) is 2. The summed E-state index contributed by atoms with van der Waals surface area (Å²) < 4.78 is 5.25. The summed E-state index contributed by atoms with van der Waals surface area (Å²) in [7, 11) is 1.54. The van der Waals surface area contributed by atoms with Gasteiger partial charge in [-0.15, -0.1) is 0 Å². The zero-order valence-electron chi connectivity index (χ0n) is 19.0. The highest BCUT2D eigenvalue weighted by Crippen LogP contribution is 2.23. The van der Waals surface area contributed by atoms with E-state index in [4.69, 9.17) is 4.74 Å². The first kappa shape index (κ1) is 24.6. The van der Waals surface area contributed by atoms with Gasteiger partial charge in [-0.1, -0.05) is 25.1 Å². The number of rotatable bonds is 9. The summed E-state index contributed by atoms with van der Waals surface area (Å²) >= 11 is 1.85. The fourth-order valence-corrected chi connectivity index (χ4v) is 4.41. The van der Waals surface area contributed by atoms with Gasteiger partial charge in [-0.2, -0.15) is 11.8 Å². The van der Waals surface area contributed by atoms with E-state index < -0.39 is 0 Å². The topological polar surface area (TPSA) is 91.0 Å². The van der Waals surface area contributed by atoms with Crippen LogP contribution in [0.5, 0.6) is 5.75 Å². The average Bonchev–Trinajstić information content (AvgIpc) is 2.84. The number of anilines is 2. The maximum atomic E-state index is 12.7. The molecule has 1 heterocycles. The Balaban J connectivity index is 1.54. The Labute approximate surface area is 198 Å². The van der Waals surface area contributed by atoms with Crippen LogP contribution in [0.2, 0.25) is 0 Å². The van der Waals surface area contributed by atoms with Crippen LogP contribution in [0, 0.1) is 0 Å². The molecule has 0 aliphatic carbocycles. The number of likely N-dealkylation sites (N-methyl/N-ethyl adjacent to an activating group) is 1. The van der Waals surface area contributed by atoms with Crippen molar-refractivity contribution in [1.82, 2.24) is 9.80 Å². The zero-order valence-corrected chi connectivity index (χ0v) is 19.8. The van der Waals surface area contributed by atoms with Crippen LogP contribution in [0.4, 0.5) is 11.4 Å². The van der Waals surface area contributed by atoms with E-state index in [0.717, 1.165) is 24.6 Å². The molecule has 1 aliphatic rings. The third-order valence-corrected chi connectivity index (χ3v) is 6.20. The highest BCUT2D eigenvalue weighted by atomic mass is 32.2. The molecule has 3 rings (SSSR count). The van der Waals surface area contributed by atoms with E-state index >= 15 is 0 Å². The molecule has 0 saturated carbocycles. The van der Waals surface area contributed by atoms with Gasteiger partial charge in [-0.05, 0) is 36.9 Å². The lowest BCUT2D eigenvalue weighted by Gasteiger charge is -2.26. The van der Waals surface area contributed by atoms with Gasteiger partial charge in [-0.25, -0.2) is 0 Å². The highest BCUT2D eigenvalue weighted by Gasteiger charge is 2.19. The number of amides is 3. The Morgan fingerprint density at radius 1 is 1.00 bits per heavy atom. The highest BCUT2D eigenvalue weighted by molar-refractivity contribution is 7.99. The molecular weight excluding hydrogens is 440 g/mol. The summed E-state index contributed by atoms with van der Waals surface area (Å²) in [6.07, 6.45) is 0. The van der Waals surface area contributed by atoms with E-state index in [2.05, 4.69) is 10.6 Å². The molecule has 0 spiro atoms. The minimum atomic E-state index is -0.249. The number of benzene rings is 2. The van der Waals surface area contributed by atoms with Crippen molar-refractivity contribution < 1.29 is 19.1 Å². The van der Waals surface area contributed by atoms with Crippen molar-refractivity contribution in [2.75, 3.05) is 62.0 Å². The third kappa shape index (κ3) is 7.23. The molecule has 2 N–H and O–H groups in total. The number of carbonyl (C=O) groups is 3. The lowest BCUT2D eigenvalue weighted by atomic mass is 10.1. The van der Waals surface area contributed by atoms with E-state index in [9.17, 15) is 14.4 Å². The lowest BCUT2D eigenvalue weighted by Crippen LogP contribution is -2.39. The monoisotopic (exact) mass is 470 g/mol. The van der Waals surface area contributed by atoms with E-state index in [0.29, 0.717) is 29.2 Å². The van der Waals surface area contributed by atoms with Crippen molar-refractivity contribution in [3.63, 3.8) is 0 Å². The van der Waals surface area contributed by atoms with Gasteiger partial charge in [0.25, 0.3) is 5.91 Å². The van der Waals surface area contributed by atoms with E-state index in [-0.39, 0.29) is 30.8 Å². The second-order valence-corrected chi connectivity index (χ2v) is 8.81. The van der Waals surface area contributed by atoms with Gasteiger partial charge >= 0.3 is 0 Å². The summed E-state index contributed by atoms with van der Waals surface area (Å²) in [5.41, 5.74) is 1.70. The predicted octanol–water partition coefficient (Wildman–Crippen LogP) is 2.78. The van der Waals surface area contributed by atoms with Crippen molar-refractivity contribution in [3.05, 3.63) is 54.1 Å². The second-order valence-electron chi connectivity index (χ2n) is 7.59. The molecule has 8 nitrogen and oxygen atoms in total. The fourth-order valence-electron chi connectivity index (χ4n) is 3.50. The summed E-state index contributed by atoms with van der Waals surface area (Å²) in [5, 5.41) is 5.66. The smallest absolute Gasteiger partial charge is 0.253 e. The van der Waals surface area contributed by atoms with Crippen LogP contribution in [0.3, 0.4) is 0 Å². The van der Waals surface area contributed by atoms with Crippen LogP contribution < -0.4 is 15.4 Å². The Morgan fingerprint density at radius 3 is 2.39 bits per heavy atom. The molecule has 1 aliphatic heterocycles. The molecule has 2 aromatic rings. The Hall–Kier alpha value is -3.04. The van der Waals surface area contributed by atoms with Crippen LogP contribution in [0.25, 0.3) is 0 Å². The molecule has 2 aromatic carbocycles. The maximum absolute atomic E-state index is 12.7. The van der Waals surface area contributed by atoms with Crippen molar-refractivity contribution in [3.8, 4) is 5.75 Å². The van der Waals surface area contributed by atoms with Crippen molar-refractivity contribution in [2.45, 2.75) is 6.92 Å². The predicted molar refractivity (Wildman–Crippen MR) is 132 cm³/mol. The number of hydrogen-bond donors (Lipinski definition) is 2. The molecule has 0 bridgehead atoms. The Bertz CT molecular complexity index is 978. The summed E-state index contributed by atoms with van der Waals surface area (Å²) in [4.78, 5) is 41.4. The quantitative estimate of drug-likeness (QED) is 0.586. The summed E-state index contributed by atoms with van der Waals surface area (Å²) in [6, 6.07) is 14.1. The first-order valence-corrected chi connectivity index (χ1v) is 12.1.